The first-order valence-electron chi connectivity index (χ1n) is 7.20. The van der Waals surface area contributed by atoms with Crippen molar-refractivity contribution in [2.45, 2.75) is 51.8 Å². The van der Waals surface area contributed by atoms with E-state index < -0.39 is 23.8 Å². The molecule has 24 heavy (non-hydrogen) atoms. The van der Waals surface area contributed by atoms with E-state index in [1.807, 2.05) is 0 Å². The Morgan fingerprint density at radius 1 is 1.17 bits per heavy atom. The normalized spacial score (nSPS) is 11.6. The average Bonchev–Trinajstić information content (AvgIpc) is 2.37. The molecule has 0 rings (SSSR count). The van der Waals surface area contributed by atoms with Gasteiger partial charge < -0.3 is 20.6 Å². The van der Waals surface area contributed by atoms with E-state index in [2.05, 4.69) is 10.2 Å². The van der Waals surface area contributed by atoms with Gasteiger partial charge in [0.15, 0.2) is 5.96 Å². The van der Waals surface area contributed by atoms with Gasteiger partial charge in [-0.05, 0) is 40.0 Å². The van der Waals surface area contributed by atoms with Crippen molar-refractivity contribution >= 4 is 18.0 Å². The van der Waals surface area contributed by atoms with Gasteiger partial charge in [-0.25, -0.2) is 9.59 Å². The molecule has 0 fully saturated rings. The molecule has 0 aromatic carbocycles. The molecule has 0 spiro atoms. The number of hydroxylamine groups is 2. The molecule has 0 aliphatic rings. The number of ether oxygens (including phenoxy) is 1. The van der Waals surface area contributed by atoms with Crippen LogP contribution in [0.4, 0.5) is 18.0 Å². The van der Waals surface area contributed by atoms with Crippen LogP contribution in [-0.4, -0.2) is 48.0 Å². The molecule has 0 unspecified atom stereocenters. The third-order valence-electron chi connectivity index (χ3n) is 2.38. The Labute approximate surface area is 137 Å². The minimum atomic E-state index is -5.22. The van der Waals surface area contributed by atoms with E-state index >= 15 is 0 Å². The highest BCUT2D eigenvalue weighted by Crippen LogP contribution is 2.19. The van der Waals surface area contributed by atoms with Gasteiger partial charge in [0.25, 0.3) is 0 Å². The summed E-state index contributed by atoms with van der Waals surface area (Å²) < 4.78 is 41.8. The van der Waals surface area contributed by atoms with Crippen molar-refractivity contribution in [1.82, 2.24) is 10.4 Å². The number of guanidine groups is 1. The van der Waals surface area contributed by atoms with Gasteiger partial charge in [0.05, 0.1) is 6.54 Å². The van der Waals surface area contributed by atoms with Gasteiger partial charge in [-0.2, -0.15) is 13.2 Å². The van der Waals surface area contributed by atoms with E-state index in [9.17, 15) is 22.8 Å². The standard InChI is InChI=1S/C13H23F3N4O4/c1-12(2,3)23-11(22)20(24-9(21)13(14,15)16)8-6-4-5-7-19-10(17)18/h4-8H2,1-3H3,(H4,17,18,19). The lowest BCUT2D eigenvalue weighted by Gasteiger charge is -2.26. The first-order valence-corrected chi connectivity index (χ1v) is 7.20. The van der Waals surface area contributed by atoms with E-state index in [-0.39, 0.29) is 24.0 Å². The van der Waals surface area contributed by atoms with Crippen molar-refractivity contribution in [2.75, 3.05) is 13.1 Å². The van der Waals surface area contributed by atoms with E-state index in [1.165, 1.54) is 20.8 Å². The molecule has 0 aliphatic carbocycles. The molecule has 0 bridgehead atoms. The summed E-state index contributed by atoms with van der Waals surface area (Å²) in [4.78, 5) is 26.8. The number of nitrogens with one attached hydrogen (secondary N) is 2. The molecule has 0 aromatic rings. The van der Waals surface area contributed by atoms with Gasteiger partial charge in [0.2, 0.25) is 0 Å². The summed E-state index contributed by atoms with van der Waals surface area (Å²) in [6.45, 7) is 4.74. The Kier molecular flexibility index (Phi) is 8.34. The van der Waals surface area contributed by atoms with E-state index in [0.717, 1.165) is 0 Å². The zero-order valence-electron chi connectivity index (χ0n) is 13.8. The topological polar surface area (TPSA) is 118 Å². The van der Waals surface area contributed by atoms with Crippen molar-refractivity contribution in [1.29, 1.82) is 5.41 Å². The van der Waals surface area contributed by atoms with Crippen LogP contribution in [0.3, 0.4) is 0 Å². The van der Waals surface area contributed by atoms with Gasteiger partial charge in [-0.3, -0.25) is 5.41 Å². The number of carbonyl (C=O) groups excluding carboxylic acids is 2. The molecule has 4 N–H and O–H groups in total. The highest BCUT2D eigenvalue weighted by molar-refractivity contribution is 5.77. The van der Waals surface area contributed by atoms with Gasteiger partial charge in [0, 0.05) is 6.54 Å². The highest BCUT2D eigenvalue weighted by atomic mass is 19.4. The minimum Gasteiger partial charge on any atom is -0.442 e. The molecule has 140 valence electrons. The number of halogens is 3. The number of nitrogens with zero attached hydrogens (tertiary/aromatic N) is 1. The number of hydrogen-bond acceptors (Lipinski definition) is 5. The predicted octanol–water partition coefficient (Wildman–Crippen LogP) is 1.90. The number of alkyl halides is 3. The Hall–Kier alpha value is -2.20. The fourth-order valence-electron chi connectivity index (χ4n) is 1.42. The molecule has 0 saturated carbocycles. The lowest BCUT2D eigenvalue weighted by Crippen LogP contribution is -2.42. The SMILES string of the molecule is CC(C)(C)OC(=O)N(CCCCCNC(=N)N)OC(=O)C(F)(F)F. The summed E-state index contributed by atoms with van der Waals surface area (Å²) in [7, 11) is 0. The third kappa shape index (κ3) is 10.5. The first-order chi connectivity index (χ1) is 10.8. The lowest BCUT2D eigenvalue weighted by molar-refractivity contribution is -0.232. The maximum atomic E-state index is 12.3. The predicted molar refractivity (Wildman–Crippen MR) is 78.9 cm³/mol. The maximum absolute atomic E-state index is 12.3. The van der Waals surface area contributed by atoms with Crippen molar-refractivity contribution in [3.8, 4) is 0 Å². The van der Waals surface area contributed by atoms with Gasteiger partial charge in [-0.1, -0.05) is 0 Å². The van der Waals surface area contributed by atoms with Crippen LogP contribution < -0.4 is 11.1 Å². The van der Waals surface area contributed by atoms with E-state index in [4.69, 9.17) is 15.9 Å². The Morgan fingerprint density at radius 2 is 1.75 bits per heavy atom. The average molecular weight is 356 g/mol. The Morgan fingerprint density at radius 3 is 2.21 bits per heavy atom. The van der Waals surface area contributed by atoms with Crippen molar-refractivity contribution in [2.24, 2.45) is 5.73 Å². The highest BCUT2D eigenvalue weighted by Gasteiger charge is 2.43. The summed E-state index contributed by atoms with van der Waals surface area (Å²) in [5, 5.41) is 9.78. The van der Waals surface area contributed by atoms with Crippen LogP contribution in [0.25, 0.3) is 0 Å². The number of rotatable bonds is 6. The monoisotopic (exact) mass is 356 g/mol. The summed E-state index contributed by atoms with van der Waals surface area (Å²) >= 11 is 0. The Bertz CT molecular complexity index is 449. The second-order valence-electron chi connectivity index (χ2n) is 5.86. The zero-order valence-corrected chi connectivity index (χ0v) is 13.8. The first kappa shape index (κ1) is 21.8. The summed E-state index contributed by atoms with van der Waals surface area (Å²) in [6, 6.07) is 0. The fourth-order valence-corrected chi connectivity index (χ4v) is 1.42. The molecule has 0 aliphatic heterocycles. The molecule has 1 amide bonds. The summed E-state index contributed by atoms with van der Waals surface area (Å²) in [5.41, 5.74) is 4.14. The van der Waals surface area contributed by atoms with Crippen LogP contribution in [0.2, 0.25) is 0 Å². The number of unbranched alkanes of at least 4 members (excludes halogenated alkanes) is 2. The van der Waals surface area contributed by atoms with Crippen molar-refractivity contribution in [3.63, 3.8) is 0 Å². The van der Waals surface area contributed by atoms with E-state index in [0.29, 0.717) is 19.4 Å². The van der Waals surface area contributed by atoms with Gasteiger partial charge in [-0.15, -0.1) is 5.06 Å². The van der Waals surface area contributed by atoms with Crippen LogP contribution in [-0.2, 0) is 14.4 Å². The molecule has 0 radical (unpaired) electrons. The number of amides is 1. The zero-order chi connectivity index (χ0) is 19.0. The fraction of sp³-hybridized carbons (Fsp3) is 0.769. The maximum Gasteiger partial charge on any atom is 0.493 e. The van der Waals surface area contributed by atoms with Gasteiger partial charge in [0.1, 0.15) is 5.60 Å². The molecule has 0 heterocycles. The second-order valence-corrected chi connectivity index (χ2v) is 5.86. The molecular weight excluding hydrogens is 333 g/mol. The third-order valence-corrected chi connectivity index (χ3v) is 2.38. The molecule has 11 heteroatoms. The van der Waals surface area contributed by atoms with Crippen LogP contribution in [0.5, 0.6) is 0 Å². The minimum absolute atomic E-state index is 0.190. The molecule has 0 aromatic heterocycles. The lowest BCUT2D eigenvalue weighted by atomic mass is 10.2. The number of hydrogen-bond donors (Lipinski definition) is 3. The van der Waals surface area contributed by atoms with Crippen LogP contribution in [0, 0.1) is 5.41 Å². The van der Waals surface area contributed by atoms with Crippen molar-refractivity contribution < 1.29 is 32.3 Å². The van der Waals surface area contributed by atoms with E-state index in [1.54, 1.807) is 0 Å². The second kappa shape index (κ2) is 9.18. The quantitative estimate of drug-likeness (QED) is 0.290. The molecule has 0 atom stereocenters. The van der Waals surface area contributed by atoms with Crippen LogP contribution >= 0.6 is 0 Å². The van der Waals surface area contributed by atoms with Crippen LogP contribution in [0.1, 0.15) is 40.0 Å². The summed E-state index contributed by atoms with van der Waals surface area (Å²) in [5.74, 6) is -2.68. The molecule has 8 nitrogen and oxygen atoms in total. The largest absolute Gasteiger partial charge is 0.493 e. The molecular formula is C13H23F3N4O4. The Balaban J connectivity index is 4.55. The molecule has 0 saturated heterocycles. The smallest absolute Gasteiger partial charge is 0.442 e. The van der Waals surface area contributed by atoms with Gasteiger partial charge >= 0.3 is 18.2 Å². The summed E-state index contributed by atoms with van der Waals surface area (Å²) in [6.07, 6.45) is -5.06. The van der Waals surface area contributed by atoms with Crippen molar-refractivity contribution in [3.05, 3.63) is 0 Å². The number of nitrogens with two attached hydrogens (primary N) is 1. The number of carbonyl (C=O) groups is 2. The van der Waals surface area contributed by atoms with Crippen LogP contribution in [0.15, 0.2) is 0 Å².